The molecule has 0 saturated carbocycles. The summed E-state index contributed by atoms with van der Waals surface area (Å²) in [4.78, 5) is 13.9. The molecule has 17 heavy (non-hydrogen) atoms. The zero-order chi connectivity index (χ0) is 11.8. The summed E-state index contributed by atoms with van der Waals surface area (Å²) in [5.41, 5.74) is 1.70. The van der Waals surface area contributed by atoms with Crippen LogP contribution in [0.25, 0.3) is 5.70 Å². The maximum absolute atomic E-state index is 13.2. The molecule has 0 radical (unpaired) electrons. The number of hydrogen-bond acceptors (Lipinski definition) is 2. The van der Waals surface area contributed by atoms with E-state index in [1.807, 2.05) is 6.07 Å². The monoisotopic (exact) mass is 231 g/mol. The maximum atomic E-state index is 13.2. The molecule has 0 bridgehead atoms. The maximum Gasteiger partial charge on any atom is 0.159 e. The summed E-state index contributed by atoms with van der Waals surface area (Å²) in [6.07, 6.45) is 4.46. The van der Waals surface area contributed by atoms with Crippen LogP contribution in [-0.2, 0) is 4.79 Å². The van der Waals surface area contributed by atoms with Gasteiger partial charge in [0, 0.05) is 36.3 Å². The van der Waals surface area contributed by atoms with E-state index in [-0.39, 0.29) is 11.6 Å². The van der Waals surface area contributed by atoms with Crippen molar-refractivity contribution in [2.24, 2.45) is 0 Å². The topological polar surface area (TPSA) is 20.3 Å². The summed E-state index contributed by atoms with van der Waals surface area (Å²) in [7, 11) is 0. The molecule has 2 nitrogen and oxygen atoms in total. The Kier molecular flexibility index (Phi) is 2.46. The molecule has 0 aliphatic carbocycles. The quantitative estimate of drug-likeness (QED) is 0.740. The average molecular weight is 231 g/mol. The van der Waals surface area contributed by atoms with Gasteiger partial charge in [0.25, 0.3) is 0 Å². The summed E-state index contributed by atoms with van der Waals surface area (Å²) in [6.45, 7) is 0.973. The van der Waals surface area contributed by atoms with Crippen LogP contribution in [0.3, 0.4) is 0 Å². The molecule has 3 rings (SSSR count). The van der Waals surface area contributed by atoms with Gasteiger partial charge in [-0.3, -0.25) is 4.79 Å². The Labute approximate surface area is 99.7 Å². The summed E-state index contributed by atoms with van der Waals surface area (Å²) in [5.74, 6) is -0.0930. The number of halogens is 1. The number of carbonyl (C=O) groups excluding carboxylic acids is 1. The highest BCUT2D eigenvalue weighted by Gasteiger charge is 2.32. The van der Waals surface area contributed by atoms with Gasteiger partial charge < -0.3 is 4.90 Å². The number of allylic oxidation sites excluding steroid dienone is 1. The van der Waals surface area contributed by atoms with E-state index in [1.54, 1.807) is 12.1 Å². The summed E-state index contributed by atoms with van der Waals surface area (Å²) >= 11 is 0. The number of ketones is 1. The number of fused-ring (bicyclic) bond motifs is 1. The van der Waals surface area contributed by atoms with Crippen molar-refractivity contribution in [3.8, 4) is 0 Å². The van der Waals surface area contributed by atoms with E-state index in [1.165, 1.54) is 12.1 Å². The van der Waals surface area contributed by atoms with Gasteiger partial charge in [-0.15, -0.1) is 0 Å². The molecule has 1 atom stereocenters. The van der Waals surface area contributed by atoms with Crippen molar-refractivity contribution < 1.29 is 9.18 Å². The Balaban J connectivity index is 2.03. The highest BCUT2D eigenvalue weighted by molar-refractivity contribution is 5.98. The minimum Gasteiger partial charge on any atom is -0.368 e. The molecule has 3 heteroatoms. The number of carbonyl (C=O) groups is 1. The first-order valence-corrected chi connectivity index (χ1v) is 6.01. The average Bonchev–Trinajstić information content (AvgIpc) is 2.75. The molecular weight excluding hydrogens is 217 g/mol. The van der Waals surface area contributed by atoms with Crippen LogP contribution in [-0.4, -0.2) is 23.3 Å². The fourth-order valence-corrected chi connectivity index (χ4v) is 2.79. The van der Waals surface area contributed by atoms with Crippen molar-refractivity contribution in [1.82, 2.24) is 4.90 Å². The molecule has 1 aromatic carbocycles. The predicted octanol–water partition coefficient (Wildman–Crippen LogP) is 2.60. The van der Waals surface area contributed by atoms with Crippen molar-refractivity contribution in [3.63, 3.8) is 0 Å². The standard InChI is InChI=1S/C14H14FNO/c15-11-4-1-3-10(7-11)14-9-13(17)8-12-5-2-6-16(12)14/h1,3-4,7,9,12H,2,5-6,8H2/t12-/m1/s1. The zero-order valence-electron chi connectivity index (χ0n) is 9.53. The second-order valence-electron chi connectivity index (χ2n) is 4.70. The summed E-state index contributed by atoms with van der Waals surface area (Å²) in [5, 5.41) is 0. The number of nitrogens with zero attached hydrogens (tertiary/aromatic N) is 1. The first kappa shape index (κ1) is 10.5. The van der Waals surface area contributed by atoms with Crippen molar-refractivity contribution in [1.29, 1.82) is 0 Å². The van der Waals surface area contributed by atoms with Gasteiger partial charge in [0.05, 0.1) is 0 Å². The van der Waals surface area contributed by atoms with Gasteiger partial charge in [-0.25, -0.2) is 4.39 Å². The molecule has 1 fully saturated rings. The third-order valence-corrected chi connectivity index (χ3v) is 3.54. The van der Waals surface area contributed by atoms with E-state index in [4.69, 9.17) is 0 Å². The predicted molar refractivity (Wildman–Crippen MR) is 63.7 cm³/mol. The van der Waals surface area contributed by atoms with Gasteiger partial charge in [-0.1, -0.05) is 12.1 Å². The molecule has 0 aromatic heterocycles. The smallest absolute Gasteiger partial charge is 0.159 e. The van der Waals surface area contributed by atoms with E-state index >= 15 is 0 Å². The molecule has 0 unspecified atom stereocenters. The molecule has 0 amide bonds. The molecule has 88 valence electrons. The van der Waals surface area contributed by atoms with Crippen LogP contribution in [0.15, 0.2) is 30.3 Å². The first-order valence-electron chi connectivity index (χ1n) is 6.01. The van der Waals surface area contributed by atoms with Gasteiger partial charge in [-0.05, 0) is 25.0 Å². The van der Waals surface area contributed by atoms with E-state index in [0.29, 0.717) is 12.5 Å². The fourth-order valence-electron chi connectivity index (χ4n) is 2.79. The van der Waals surface area contributed by atoms with Crippen LogP contribution < -0.4 is 0 Å². The lowest BCUT2D eigenvalue weighted by molar-refractivity contribution is -0.115. The Morgan fingerprint density at radius 3 is 3.06 bits per heavy atom. The van der Waals surface area contributed by atoms with Crippen LogP contribution in [0.1, 0.15) is 24.8 Å². The Hall–Kier alpha value is -1.64. The Bertz CT molecular complexity index is 495. The fraction of sp³-hybridized carbons (Fsp3) is 0.357. The molecule has 2 heterocycles. The molecule has 1 aromatic rings. The lowest BCUT2D eigenvalue weighted by atomic mass is 9.99. The third-order valence-electron chi connectivity index (χ3n) is 3.54. The minimum absolute atomic E-state index is 0.160. The molecule has 0 N–H and O–H groups in total. The van der Waals surface area contributed by atoms with Crippen LogP contribution in [0.5, 0.6) is 0 Å². The van der Waals surface area contributed by atoms with Gasteiger partial charge in [-0.2, -0.15) is 0 Å². The minimum atomic E-state index is -0.253. The number of hydrogen-bond donors (Lipinski definition) is 0. The van der Waals surface area contributed by atoms with Crippen molar-refractivity contribution in [2.75, 3.05) is 6.54 Å². The van der Waals surface area contributed by atoms with E-state index < -0.39 is 0 Å². The molecular formula is C14H14FNO. The van der Waals surface area contributed by atoms with Crippen LogP contribution >= 0.6 is 0 Å². The first-order chi connectivity index (χ1) is 8.24. The highest BCUT2D eigenvalue weighted by atomic mass is 19.1. The normalized spacial score (nSPS) is 23.6. The van der Waals surface area contributed by atoms with E-state index in [9.17, 15) is 9.18 Å². The van der Waals surface area contributed by atoms with Crippen molar-refractivity contribution in [3.05, 3.63) is 41.7 Å². The second-order valence-corrected chi connectivity index (χ2v) is 4.70. The third kappa shape index (κ3) is 1.86. The number of rotatable bonds is 1. The molecule has 2 aliphatic rings. The molecule has 1 saturated heterocycles. The number of benzene rings is 1. The second kappa shape index (κ2) is 3.99. The van der Waals surface area contributed by atoms with Crippen LogP contribution in [0.4, 0.5) is 4.39 Å². The van der Waals surface area contributed by atoms with Gasteiger partial charge >= 0.3 is 0 Å². The van der Waals surface area contributed by atoms with Crippen molar-refractivity contribution in [2.45, 2.75) is 25.3 Å². The van der Waals surface area contributed by atoms with E-state index in [2.05, 4.69) is 4.90 Å². The Morgan fingerprint density at radius 1 is 1.35 bits per heavy atom. The summed E-state index contributed by atoms with van der Waals surface area (Å²) < 4.78 is 13.2. The van der Waals surface area contributed by atoms with Crippen LogP contribution in [0.2, 0.25) is 0 Å². The van der Waals surface area contributed by atoms with Crippen LogP contribution in [0, 0.1) is 5.82 Å². The SMILES string of the molecule is O=C1C=C(c2cccc(F)c2)N2CCC[C@@H]2C1. The molecule has 0 spiro atoms. The van der Waals surface area contributed by atoms with Crippen molar-refractivity contribution >= 4 is 11.5 Å². The lowest BCUT2D eigenvalue weighted by Gasteiger charge is -2.32. The van der Waals surface area contributed by atoms with Gasteiger partial charge in [0.2, 0.25) is 0 Å². The summed E-state index contributed by atoms with van der Waals surface area (Å²) in [6, 6.07) is 6.81. The Morgan fingerprint density at radius 2 is 2.24 bits per heavy atom. The van der Waals surface area contributed by atoms with Gasteiger partial charge in [0.1, 0.15) is 5.82 Å². The zero-order valence-corrected chi connectivity index (χ0v) is 9.53. The lowest BCUT2D eigenvalue weighted by Crippen LogP contribution is -2.33. The largest absolute Gasteiger partial charge is 0.368 e. The molecule has 2 aliphatic heterocycles. The van der Waals surface area contributed by atoms with Gasteiger partial charge in [0.15, 0.2) is 5.78 Å². The highest BCUT2D eigenvalue weighted by Crippen LogP contribution is 2.33. The van der Waals surface area contributed by atoms with E-state index in [0.717, 1.165) is 30.6 Å².